The van der Waals surface area contributed by atoms with Crippen LogP contribution < -0.4 is 0 Å². The van der Waals surface area contributed by atoms with Crippen molar-refractivity contribution in [2.24, 2.45) is 0 Å². The summed E-state index contributed by atoms with van der Waals surface area (Å²) in [5, 5.41) is 0. The van der Waals surface area contributed by atoms with Crippen LogP contribution >= 0.6 is 0 Å². The van der Waals surface area contributed by atoms with Gasteiger partial charge in [-0.25, -0.2) is 0 Å². The van der Waals surface area contributed by atoms with E-state index < -0.39 is 0 Å². The molecule has 0 aromatic rings. The van der Waals surface area contributed by atoms with Crippen LogP contribution in [0, 0.1) is 4.47 Å². The summed E-state index contributed by atoms with van der Waals surface area (Å²) in [5.74, 6) is 0. The Balaban J connectivity index is 2.60. The molecule has 0 saturated carbocycles. The van der Waals surface area contributed by atoms with E-state index in [-0.39, 0.29) is 0 Å². The van der Waals surface area contributed by atoms with Crippen LogP contribution in [0.1, 0.15) is 12.8 Å². The van der Waals surface area contributed by atoms with Crippen LogP contribution in [0.3, 0.4) is 0 Å². The van der Waals surface area contributed by atoms with Crippen LogP contribution in [0.4, 0.5) is 0 Å². The van der Waals surface area contributed by atoms with Crippen molar-refractivity contribution < 1.29 is 0 Å². The molecule has 0 atom stereocenters. The first-order valence-electron chi connectivity index (χ1n) is 3.07. The zero-order valence-corrected chi connectivity index (χ0v) is 12.9. The molecular weight excluding hydrogens is 455 g/mol. The molecule has 0 aliphatic heterocycles. The average Bonchev–Trinajstić information content (AvgIpc) is 1.89. The molecule has 0 aliphatic rings. The molecule has 0 amide bonds. The topological polar surface area (TPSA) is 0 Å². The zero-order valence-electron chi connectivity index (χ0n) is 5.42. The number of hydrogen-bond donors (Lipinski definition) is 0. The second-order valence-corrected chi connectivity index (χ2v) is 7.25. The van der Waals surface area contributed by atoms with Crippen molar-refractivity contribution in [2.45, 2.75) is 26.2 Å². The zero-order chi connectivity index (χ0) is 6.95. The van der Waals surface area contributed by atoms with Gasteiger partial charge in [0.25, 0.3) is 0 Å². The fourth-order valence-corrected chi connectivity index (χ4v) is 4.66. The van der Waals surface area contributed by atoms with Crippen LogP contribution in [0.15, 0.2) is 0 Å². The van der Waals surface area contributed by atoms with Gasteiger partial charge in [-0.2, -0.15) is 0 Å². The predicted molar refractivity (Wildman–Crippen MR) is 48.0 cm³/mol. The van der Waals surface area contributed by atoms with E-state index in [0.29, 0.717) is 20.9 Å². The van der Waals surface area contributed by atoms with Gasteiger partial charge in [-0.15, -0.1) is 0 Å². The van der Waals surface area contributed by atoms with Crippen LogP contribution in [-0.2, 0) is 0 Å². The predicted octanol–water partition coefficient (Wildman–Crippen LogP) is 0.689. The summed E-state index contributed by atoms with van der Waals surface area (Å²) < 4.78 is 6.96. The first-order valence-corrected chi connectivity index (χ1v) is 9.67. The standard InChI is InChI=1S/C6H13Te3/c7-3-1-2-5-9-6-4-8/h5,7-8H,1-4,6H2. The number of hydrogen-bond acceptors (Lipinski definition) is 0. The molecule has 0 saturated heterocycles. The van der Waals surface area contributed by atoms with Gasteiger partial charge in [0.2, 0.25) is 0 Å². The number of rotatable bonds is 6. The first-order chi connectivity index (χ1) is 4.41. The summed E-state index contributed by atoms with van der Waals surface area (Å²) in [5.41, 5.74) is 0. The molecule has 3 heteroatoms. The maximum absolute atomic E-state index is 2.57. The fourth-order valence-electron chi connectivity index (χ4n) is 0.394. The Hall–Kier alpha value is 2.37. The van der Waals surface area contributed by atoms with E-state index in [1.54, 1.807) is 0 Å². The van der Waals surface area contributed by atoms with Crippen molar-refractivity contribution in [3.63, 3.8) is 0 Å². The maximum atomic E-state index is 2.57. The third-order valence-corrected chi connectivity index (χ3v) is 7.74. The molecule has 0 aromatic heterocycles. The van der Waals surface area contributed by atoms with Gasteiger partial charge < -0.3 is 0 Å². The second-order valence-electron chi connectivity index (χ2n) is 1.63. The molecule has 0 N–H and O–H groups in total. The van der Waals surface area contributed by atoms with E-state index in [2.05, 4.69) is 4.47 Å². The Bertz CT molecular complexity index is 41.6. The molecule has 0 aliphatic carbocycles. The van der Waals surface area contributed by atoms with Gasteiger partial charge in [0.15, 0.2) is 0 Å². The summed E-state index contributed by atoms with van der Waals surface area (Å²) in [6, 6.07) is 0. The molecule has 9 heavy (non-hydrogen) atoms. The van der Waals surface area contributed by atoms with Gasteiger partial charge in [-0.05, 0) is 0 Å². The van der Waals surface area contributed by atoms with Crippen molar-refractivity contribution in [2.75, 3.05) is 0 Å². The second kappa shape index (κ2) is 10.4. The van der Waals surface area contributed by atoms with E-state index in [9.17, 15) is 0 Å². The SMILES string of the molecule is [TeH]CCC[CH][Te]CC[TeH]. The summed E-state index contributed by atoms with van der Waals surface area (Å²) >= 11 is 4.28. The molecule has 55 valence electrons. The summed E-state index contributed by atoms with van der Waals surface area (Å²) in [6.45, 7) is 0. The van der Waals surface area contributed by atoms with Crippen molar-refractivity contribution >= 4 is 65.5 Å². The molecule has 0 unspecified atom stereocenters. The van der Waals surface area contributed by atoms with Gasteiger partial charge >= 0.3 is 96.2 Å². The van der Waals surface area contributed by atoms with Gasteiger partial charge in [-0.3, -0.25) is 0 Å². The first kappa shape index (κ1) is 11.4. The fraction of sp³-hybridized carbons (Fsp3) is 0.833. The molecule has 0 rings (SSSR count). The summed E-state index contributed by atoms with van der Waals surface area (Å²) in [7, 11) is 0. The molecule has 0 heterocycles. The van der Waals surface area contributed by atoms with Crippen molar-refractivity contribution in [3.05, 3.63) is 4.47 Å². The van der Waals surface area contributed by atoms with Crippen LogP contribution in [-0.4, -0.2) is 65.5 Å². The molecular formula is C6H13Te3. The Morgan fingerprint density at radius 1 is 1.22 bits per heavy atom. The van der Waals surface area contributed by atoms with E-state index in [4.69, 9.17) is 0 Å². The Labute approximate surface area is 94.8 Å². The van der Waals surface area contributed by atoms with Gasteiger partial charge in [-0.1, -0.05) is 0 Å². The van der Waals surface area contributed by atoms with Crippen molar-refractivity contribution in [1.29, 1.82) is 0 Å². The minimum atomic E-state index is 0.352. The van der Waals surface area contributed by atoms with Crippen LogP contribution in [0.25, 0.3) is 0 Å². The summed E-state index contributed by atoms with van der Waals surface area (Å²) in [6.07, 6.45) is 2.84. The Kier molecular flexibility index (Phi) is 13.1. The third kappa shape index (κ3) is 10.4. The molecule has 1 radical (unpaired) electrons. The van der Waals surface area contributed by atoms with E-state index in [0.717, 1.165) is 0 Å². The molecule has 0 fully saturated rings. The van der Waals surface area contributed by atoms with Crippen LogP contribution in [0.5, 0.6) is 0 Å². The Morgan fingerprint density at radius 2 is 2.00 bits per heavy atom. The molecule has 0 spiro atoms. The quantitative estimate of drug-likeness (QED) is 0.398. The van der Waals surface area contributed by atoms with Crippen LogP contribution in [0.2, 0.25) is 13.4 Å². The average molecular weight is 468 g/mol. The monoisotopic (exact) mass is 475 g/mol. The molecule has 0 nitrogen and oxygen atoms in total. The summed E-state index contributed by atoms with van der Waals surface area (Å²) in [4.78, 5) is 0. The van der Waals surface area contributed by atoms with Crippen molar-refractivity contribution in [3.8, 4) is 0 Å². The van der Waals surface area contributed by atoms with E-state index in [1.165, 1.54) is 26.2 Å². The van der Waals surface area contributed by atoms with Gasteiger partial charge in [0, 0.05) is 0 Å². The van der Waals surface area contributed by atoms with Gasteiger partial charge in [0.1, 0.15) is 0 Å². The molecule has 0 bridgehead atoms. The molecule has 0 aromatic carbocycles. The van der Waals surface area contributed by atoms with Gasteiger partial charge in [0.05, 0.1) is 0 Å². The van der Waals surface area contributed by atoms with E-state index >= 15 is 0 Å². The number of unbranched alkanes of at least 4 members (excludes halogenated alkanes) is 1. The minimum absolute atomic E-state index is 0.352. The van der Waals surface area contributed by atoms with E-state index in [1.807, 2.05) is 44.6 Å². The normalized spacial score (nSPS) is 10.0. The third-order valence-electron chi connectivity index (χ3n) is 0.807. The van der Waals surface area contributed by atoms with Crippen molar-refractivity contribution in [1.82, 2.24) is 0 Å². The Morgan fingerprint density at radius 3 is 2.56 bits per heavy atom.